The smallest absolute Gasteiger partial charge is 0.126 e. The molecule has 64 valence electrons. The Labute approximate surface area is 74.5 Å². The molecule has 0 amide bonds. The van der Waals surface area contributed by atoms with E-state index in [-0.39, 0.29) is 5.88 Å². The highest BCUT2D eigenvalue weighted by Crippen LogP contribution is 2.16. The third-order valence-corrected chi connectivity index (χ3v) is 1.75. The predicted octanol–water partition coefficient (Wildman–Crippen LogP) is 3.22. The number of hydrogen-bond acceptors (Lipinski definition) is 0. The molecule has 0 nitrogen and oxygen atoms in total. The van der Waals surface area contributed by atoms with Crippen LogP contribution in [0.15, 0.2) is 24.8 Å². The van der Waals surface area contributed by atoms with E-state index in [2.05, 4.69) is 6.58 Å². The topological polar surface area (TPSA) is 0 Å². The minimum Gasteiger partial charge on any atom is -0.207 e. The molecule has 0 fully saturated rings. The first-order chi connectivity index (χ1) is 5.63. The van der Waals surface area contributed by atoms with Crippen molar-refractivity contribution in [3.8, 4) is 0 Å². The summed E-state index contributed by atoms with van der Waals surface area (Å²) < 4.78 is 25.2. The molecule has 0 atom stereocenters. The van der Waals surface area contributed by atoms with Gasteiger partial charge in [-0.25, -0.2) is 8.78 Å². The Hall–Kier alpha value is -0.890. The van der Waals surface area contributed by atoms with E-state index in [1.165, 1.54) is 12.1 Å². The van der Waals surface area contributed by atoms with Gasteiger partial charge in [0, 0.05) is 11.9 Å². The van der Waals surface area contributed by atoms with E-state index in [1.807, 2.05) is 0 Å². The highest BCUT2D eigenvalue weighted by molar-refractivity contribution is 6.23. The van der Waals surface area contributed by atoms with Gasteiger partial charge in [0.25, 0.3) is 0 Å². The van der Waals surface area contributed by atoms with Crippen LogP contribution >= 0.6 is 11.6 Å². The van der Waals surface area contributed by atoms with Crippen LogP contribution in [-0.2, 0) is 0 Å². The van der Waals surface area contributed by atoms with Crippen LogP contribution in [0.5, 0.6) is 0 Å². The molecular weight excluding hydrogens is 182 g/mol. The first kappa shape index (κ1) is 9.20. The van der Waals surface area contributed by atoms with Crippen LogP contribution in [0.1, 0.15) is 5.56 Å². The first-order valence-electron chi connectivity index (χ1n) is 3.33. The lowest BCUT2D eigenvalue weighted by Gasteiger charge is -2.01. The van der Waals surface area contributed by atoms with Crippen LogP contribution in [0, 0.1) is 11.6 Å². The van der Waals surface area contributed by atoms with Gasteiger partial charge in [-0.3, -0.25) is 0 Å². The van der Waals surface area contributed by atoms with Gasteiger partial charge in [-0.15, -0.1) is 11.6 Å². The summed E-state index contributed by atoms with van der Waals surface area (Å²) in [6.07, 6.45) is 0. The zero-order chi connectivity index (χ0) is 9.14. The number of halogens is 3. The Bertz CT molecular complexity index is 287. The third-order valence-electron chi connectivity index (χ3n) is 1.43. The Balaban J connectivity index is 3.08. The molecular formula is C9H7ClF2. The summed E-state index contributed by atoms with van der Waals surface area (Å²) in [5.41, 5.74) is 0.914. The van der Waals surface area contributed by atoms with Crippen molar-refractivity contribution in [1.29, 1.82) is 0 Å². The van der Waals surface area contributed by atoms with Crippen LogP contribution in [0.4, 0.5) is 8.78 Å². The zero-order valence-electron chi connectivity index (χ0n) is 6.28. The molecule has 0 aromatic heterocycles. The lowest BCUT2D eigenvalue weighted by Crippen LogP contribution is -1.88. The maximum Gasteiger partial charge on any atom is 0.126 e. The van der Waals surface area contributed by atoms with Crippen molar-refractivity contribution in [3.05, 3.63) is 42.0 Å². The molecule has 1 rings (SSSR count). The average molecular weight is 189 g/mol. The van der Waals surface area contributed by atoms with E-state index >= 15 is 0 Å². The van der Waals surface area contributed by atoms with Crippen molar-refractivity contribution >= 4 is 17.2 Å². The fraction of sp³-hybridized carbons (Fsp3) is 0.111. The van der Waals surface area contributed by atoms with Gasteiger partial charge in [0.1, 0.15) is 11.6 Å². The molecule has 0 aliphatic heterocycles. The minimum absolute atomic E-state index is 0.170. The molecule has 0 saturated carbocycles. The molecule has 0 radical (unpaired) electrons. The predicted molar refractivity (Wildman–Crippen MR) is 46.1 cm³/mol. The molecule has 3 heteroatoms. The van der Waals surface area contributed by atoms with Crippen LogP contribution in [0.25, 0.3) is 5.57 Å². The second-order valence-electron chi connectivity index (χ2n) is 2.40. The summed E-state index contributed by atoms with van der Waals surface area (Å²) in [7, 11) is 0. The number of alkyl halides is 1. The lowest BCUT2D eigenvalue weighted by atomic mass is 10.1. The highest BCUT2D eigenvalue weighted by Gasteiger charge is 2.02. The number of hydrogen-bond donors (Lipinski definition) is 0. The zero-order valence-corrected chi connectivity index (χ0v) is 7.04. The Morgan fingerprint density at radius 1 is 1.25 bits per heavy atom. The van der Waals surface area contributed by atoms with E-state index in [0.717, 1.165) is 6.07 Å². The van der Waals surface area contributed by atoms with E-state index < -0.39 is 11.6 Å². The van der Waals surface area contributed by atoms with Gasteiger partial charge >= 0.3 is 0 Å². The van der Waals surface area contributed by atoms with Crippen LogP contribution in [0.3, 0.4) is 0 Å². The summed E-state index contributed by atoms with van der Waals surface area (Å²) in [4.78, 5) is 0. The molecule has 0 spiro atoms. The summed E-state index contributed by atoms with van der Waals surface area (Å²) >= 11 is 5.45. The van der Waals surface area contributed by atoms with Crippen LogP contribution < -0.4 is 0 Å². The molecule has 0 N–H and O–H groups in total. The Morgan fingerprint density at radius 2 is 1.75 bits per heavy atom. The average Bonchev–Trinajstić information content (AvgIpc) is 2.01. The van der Waals surface area contributed by atoms with Crippen molar-refractivity contribution in [1.82, 2.24) is 0 Å². The largest absolute Gasteiger partial charge is 0.207 e. The second-order valence-corrected chi connectivity index (χ2v) is 2.66. The first-order valence-corrected chi connectivity index (χ1v) is 3.87. The normalized spacial score (nSPS) is 9.92. The monoisotopic (exact) mass is 188 g/mol. The molecule has 1 aromatic rings. The van der Waals surface area contributed by atoms with E-state index in [4.69, 9.17) is 11.6 Å². The number of benzene rings is 1. The van der Waals surface area contributed by atoms with Crippen molar-refractivity contribution in [2.45, 2.75) is 0 Å². The second kappa shape index (κ2) is 3.68. The van der Waals surface area contributed by atoms with Gasteiger partial charge in [0.05, 0.1) is 0 Å². The minimum atomic E-state index is -0.615. The van der Waals surface area contributed by atoms with E-state index in [9.17, 15) is 8.78 Å². The van der Waals surface area contributed by atoms with Crippen LogP contribution in [0.2, 0.25) is 0 Å². The third kappa shape index (κ3) is 2.05. The summed E-state index contributed by atoms with van der Waals surface area (Å²) in [6.45, 7) is 3.56. The van der Waals surface area contributed by atoms with Crippen molar-refractivity contribution in [2.24, 2.45) is 0 Å². The maximum absolute atomic E-state index is 12.6. The molecule has 0 bridgehead atoms. The van der Waals surface area contributed by atoms with Crippen molar-refractivity contribution in [3.63, 3.8) is 0 Å². The van der Waals surface area contributed by atoms with Crippen LogP contribution in [-0.4, -0.2) is 5.88 Å². The maximum atomic E-state index is 12.6. The van der Waals surface area contributed by atoms with Gasteiger partial charge in [-0.05, 0) is 23.3 Å². The fourth-order valence-electron chi connectivity index (χ4n) is 0.835. The quantitative estimate of drug-likeness (QED) is 0.626. The molecule has 12 heavy (non-hydrogen) atoms. The van der Waals surface area contributed by atoms with Gasteiger partial charge in [0.15, 0.2) is 0 Å². The van der Waals surface area contributed by atoms with E-state index in [0.29, 0.717) is 11.1 Å². The number of allylic oxidation sites excluding steroid dienone is 1. The molecule has 1 aromatic carbocycles. The molecule has 0 aliphatic carbocycles. The lowest BCUT2D eigenvalue weighted by molar-refractivity contribution is 0.582. The fourth-order valence-corrected chi connectivity index (χ4v) is 0.989. The molecule has 0 saturated heterocycles. The van der Waals surface area contributed by atoms with Crippen molar-refractivity contribution in [2.75, 3.05) is 5.88 Å². The van der Waals surface area contributed by atoms with Gasteiger partial charge in [-0.1, -0.05) is 6.58 Å². The van der Waals surface area contributed by atoms with Gasteiger partial charge in [0.2, 0.25) is 0 Å². The Morgan fingerprint density at radius 3 is 2.17 bits per heavy atom. The summed E-state index contributed by atoms with van der Waals surface area (Å²) in [5, 5.41) is 0. The highest BCUT2D eigenvalue weighted by atomic mass is 35.5. The van der Waals surface area contributed by atoms with Gasteiger partial charge < -0.3 is 0 Å². The molecule has 0 heterocycles. The molecule has 0 unspecified atom stereocenters. The Kier molecular flexibility index (Phi) is 2.82. The van der Waals surface area contributed by atoms with Gasteiger partial charge in [-0.2, -0.15) is 0 Å². The van der Waals surface area contributed by atoms with Crippen molar-refractivity contribution < 1.29 is 8.78 Å². The van der Waals surface area contributed by atoms with E-state index in [1.54, 1.807) is 0 Å². The summed E-state index contributed by atoms with van der Waals surface area (Å²) in [6, 6.07) is 3.21. The molecule has 0 aliphatic rings. The summed E-state index contributed by atoms with van der Waals surface area (Å²) in [5.74, 6) is -1.06. The standard InChI is InChI=1S/C9H7ClF2/c1-6(5-10)7-2-8(11)4-9(12)3-7/h2-4H,1,5H2. The SMILES string of the molecule is C=C(CCl)c1cc(F)cc(F)c1. The number of rotatable bonds is 2.